The summed E-state index contributed by atoms with van der Waals surface area (Å²) in [6.45, 7) is 4.45. The second-order valence-electron chi connectivity index (χ2n) is 4.40. The van der Waals surface area contributed by atoms with Crippen molar-refractivity contribution in [1.82, 2.24) is 10.3 Å². The van der Waals surface area contributed by atoms with E-state index >= 15 is 0 Å². The minimum absolute atomic E-state index is 0.0988. The molecule has 5 nitrogen and oxygen atoms in total. The van der Waals surface area contributed by atoms with E-state index in [1.165, 1.54) is 7.11 Å². The predicted octanol–water partition coefficient (Wildman–Crippen LogP) is 2.55. The summed E-state index contributed by atoms with van der Waals surface area (Å²) >= 11 is 0. The first-order chi connectivity index (χ1) is 9.10. The highest BCUT2D eigenvalue weighted by molar-refractivity contribution is 5.42. The lowest BCUT2D eigenvalue weighted by Crippen LogP contribution is -2.18. The van der Waals surface area contributed by atoms with Crippen LogP contribution < -0.4 is 10.1 Å². The van der Waals surface area contributed by atoms with Crippen LogP contribution in [0.2, 0.25) is 0 Å². The van der Waals surface area contributed by atoms with Gasteiger partial charge in [-0.25, -0.2) is 4.98 Å². The number of aromatic hydroxyl groups is 1. The number of ether oxygens (including phenoxy) is 1. The Hall–Kier alpha value is -2.01. The summed E-state index contributed by atoms with van der Waals surface area (Å²) in [5, 5.41) is 12.9. The number of rotatable bonds is 5. The number of oxazole rings is 1. The minimum Gasteiger partial charge on any atom is -0.504 e. The average Bonchev–Trinajstić information content (AvgIpc) is 2.82. The molecule has 0 saturated heterocycles. The summed E-state index contributed by atoms with van der Waals surface area (Å²) in [5.41, 5.74) is 1.03. The maximum absolute atomic E-state index is 9.56. The molecule has 1 aromatic heterocycles. The average molecular weight is 262 g/mol. The van der Waals surface area contributed by atoms with Gasteiger partial charge in [0.1, 0.15) is 5.76 Å². The van der Waals surface area contributed by atoms with Crippen LogP contribution in [-0.2, 0) is 6.54 Å². The van der Waals surface area contributed by atoms with Gasteiger partial charge in [0.25, 0.3) is 0 Å². The molecular weight excluding hydrogens is 244 g/mol. The molecule has 19 heavy (non-hydrogen) atoms. The van der Waals surface area contributed by atoms with Crippen molar-refractivity contribution < 1.29 is 14.3 Å². The highest BCUT2D eigenvalue weighted by Gasteiger charge is 2.10. The number of hydrogen-bond donors (Lipinski definition) is 2. The van der Waals surface area contributed by atoms with E-state index in [0.29, 0.717) is 18.2 Å². The monoisotopic (exact) mass is 262 g/mol. The van der Waals surface area contributed by atoms with E-state index in [1.807, 2.05) is 26.0 Å². The topological polar surface area (TPSA) is 67.5 Å². The minimum atomic E-state index is 0.0988. The Morgan fingerprint density at radius 1 is 1.47 bits per heavy atom. The smallest absolute Gasteiger partial charge is 0.208 e. The fraction of sp³-hybridized carbons (Fsp3) is 0.357. The number of nitrogens with one attached hydrogen (secondary N) is 1. The van der Waals surface area contributed by atoms with Gasteiger partial charge in [-0.1, -0.05) is 6.07 Å². The summed E-state index contributed by atoms with van der Waals surface area (Å²) in [5.74, 6) is 2.07. The van der Waals surface area contributed by atoms with Crippen molar-refractivity contribution in [3.05, 3.63) is 41.6 Å². The third-order valence-corrected chi connectivity index (χ3v) is 2.93. The van der Waals surface area contributed by atoms with Crippen molar-refractivity contribution in [2.75, 3.05) is 7.11 Å². The van der Waals surface area contributed by atoms with Crippen LogP contribution in [0.15, 0.2) is 28.8 Å². The molecule has 1 atom stereocenters. The summed E-state index contributed by atoms with van der Waals surface area (Å²) in [6, 6.07) is 5.40. The summed E-state index contributed by atoms with van der Waals surface area (Å²) in [7, 11) is 1.53. The van der Waals surface area contributed by atoms with Gasteiger partial charge in [0, 0.05) is 6.04 Å². The van der Waals surface area contributed by atoms with Gasteiger partial charge in [0.05, 0.1) is 19.9 Å². The molecule has 2 rings (SSSR count). The van der Waals surface area contributed by atoms with Gasteiger partial charge >= 0.3 is 0 Å². The maximum atomic E-state index is 9.56. The largest absolute Gasteiger partial charge is 0.504 e. The standard InChI is InChI=1S/C14H18N2O3/c1-9-7-16-14(19-9)8-15-10(2)11-4-5-12(17)13(6-11)18-3/h4-7,10,15,17H,8H2,1-3H3. The molecule has 102 valence electrons. The first-order valence-corrected chi connectivity index (χ1v) is 6.11. The van der Waals surface area contributed by atoms with Gasteiger partial charge < -0.3 is 19.6 Å². The lowest BCUT2D eigenvalue weighted by molar-refractivity contribution is 0.371. The normalized spacial score (nSPS) is 12.4. The molecule has 0 amide bonds. The third-order valence-electron chi connectivity index (χ3n) is 2.93. The first kappa shape index (κ1) is 13.4. The van der Waals surface area contributed by atoms with Gasteiger partial charge in [-0.2, -0.15) is 0 Å². The number of benzene rings is 1. The fourth-order valence-corrected chi connectivity index (χ4v) is 1.80. The van der Waals surface area contributed by atoms with Crippen molar-refractivity contribution in [3.8, 4) is 11.5 Å². The molecule has 0 aliphatic heterocycles. The number of phenolic OH excluding ortho intramolecular Hbond substituents is 1. The van der Waals surface area contributed by atoms with Gasteiger partial charge in [0.2, 0.25) is 5.89 Å². The molecule has 0 bridgehead atoms. The zero-order chi connectivity index (χ0) is 13.8. The molecule has 2 aromatic rings. The van der Waals surface area contributed by atoms with Gasteiger partial charge in [-0.05, 0) is 31.5 Å². The van der Waals surface area contributed by atoms with Crippen molar-refractivity contribution >= 4 is 0 Å². The van der Waals surface area contributed by atoms with E-state index in [0.717, 1.165) is 11.3 Å². The fourth-order valence-electron chi connectivity index (χ4n) is 1.80. The molecule has 1 aromatic carbocycles. The molecule has 0 radical (unpaired) electrons. The van der Waals surface area contributed by atoms with Crippen LogP contribution in [0.4, 0.5) is 0 Å². The molecule has 5 heteroatoms. The molecule has 0 spiro atoms. The second kappa shape index (κ2) is 5.75. The van der Waals surface area contributed by atoms with E-state index in [9.17, 15) is 5.11 Å². The Balaban J connectivity index is 2.01. The lowest BCUT2D eigenvalue weighted by Gasteiger charge is -2.14. The van der Waals surface area contributed by atoms with Crippen molar-refractivity contribution in [3.63, 3.8) is 0 Å². The number of aromatic nitrogens is 1. The molecule has 0 aliphatic rings. The molecule has 0 saturated carbocycles. The van der Waals surface area contributed by atoms with Crippen LogP contribution in [0, 0.1) is 6.92 Å². The Kier molecular flexibility index (Phi) is 4.06. The highest BCUT2D eigenvalue weighted by atomic mass is 16.5. The lowest BCUT2D eigenvalue weighted by atomic mass is 10.1. The van der Waals surface area contributed by atoms with Crippen LogP contribution in [0.5, 0.6) is 11.5 Å². The number of methoxy groups -OCH3 is 1. The van der Waals surface area contributed by atoms with Crippen LogP contribution in [0.1, 0.15) is 30.2 Å². The van der Waals surface area contributed by atoms with E-state index in [1.54, 1.807) is 12.3 Å². The molecule has 0 aliphatic carbocycles. The Bertz CT molecular complexity index is 551. The van der Waals surface area contributed by atoms with Crippen molar-refractivity contribution in [2.45, 2.75) is 26.4 Å². The number of hydrogen-bond acceptors (Lipinski definition) is 5. The van der Waals surface area contributed by atoms with E-state index in [2.05, 4.69) is 10.3 Å². The summed E-state index contributed by atoms with van der Waals surface area (Å²) in [6.07, 6.45) is 1.70. The summed E-state index contributed by atoms with van der Waals surface area (Å²) < 4.78 is 10.5. The molecule has 1 unspecified atom stereocenters. The molecule has 0 fully saturated rings. The highest BCUT2D eigenvalue weighted by Crippen LogP contribution is 2.28. The quantitative estimate of drug-likeness (QED) is 0.866. The first-order valence-electron chi connectivity index (χ1n) is 6.11. The van der Waals surface area contributed by atoms with Gasteiger partial charge in [-0.15, -0.1) is 0 Å². The number of phenols is 1. The SMILES string of the molecule is COc1cc(C(C)NCc2ncc(C)o2)ccc1O. The van der Waals surface area contributed by atoms with Crippen LogP contribution in [-0.4, -0.2) is 17.2 Å². The molecule has 1 heterocycles. The van der Waals surface area contributed by atoms with E-state index in [-0.39, 0.29) is 11.8 Å². The Morgan fingerprint density at radius 2 is 2.26 bits per heavy atom. The van der Waals surface area contributed by atoms with E-state index in [4.69, 9.17) is 9.15 Å². The Labute approximate surface area is 112 Å². The third kappa shape index (κ3) is 3.26. The van der Waals surface area contributed by atoms with Gasteiger partial charge in [0.15, 0.2) is 11.5 Å². The predicted molar refractivity (Wildman–Crippen MR) is 71.2 cm³/mol. The Morgan fingerprint density at radius 3 is 2.89 bits per heavy atom. The van der Waals surface area contributed by atoms with Crippen LogP contribution in [0.25, 0.3) is 0 Å². The molecule has 2 N–H and O–H groups in total. The number of aryl methyl sites for hydroxylation is 1. The summed E-state index contributed by atoms with van der Waals surface area (Å²) in [4.78, 5) is 4.14. The van der Waals surface area contributed by atoms with Crippen molar-refractivity contribution in [2.24, 2.45) is 0 Å². The number of nitrogens with zero attached hydrogens (tertiary/aromatic N) is 1. The second-order valence-corrected chi connectivity index (χ2v) is 4.40. The van der Waals surface area contributed by atoms with Crippen LogP contribution >= 0.6 is 0 Å². The maximum Gasteiger partial charge on any atom is 0.208 e. The van der Waals surface area contributed by atoms with E-state index < -0.39 is 0 Å². The zero-order valence-corrected chi connectivity index (χ0v) is 11.3. The van der Waals surface area contributed by atoms with Gasteiger partial charge in [-0.3, -0.25) is 0 Å². The zero-order valence-electron chi connectivity index (χ0n) is 11.3. The molecular formula is C14H18N2O3. The van der Waals surface area contributed by atoms with Crippen LogP contribution in [0.3, 0.4) is 0 Å². The van der Waals surface area contributed by atoms with Crippen molar-refractivity contribution in [1.29, 1.82) is 0 Å².